The van der Waals surface area contributed by atoms with Crippen molar-refractivity contribution in [2.75, 3.05) is 0 Å². The third-order valence-corrected chi connectivity index (χ3v) is 5.58. The van der Waals surface area contributed by atoms with Gasteiger partial charge in [0, 0.05) is 23.2 Å². The average Bonchev–Trinajstić information content (AvgIpc) is 3.12. The Labute approximate surface area is 167 Å². The van der Waals surface area contributed by atoms with E-state index >= 15 is 0 Å². The van der Waals surface area contributed by atoms with Crippen LogP contribution in [0.2, 0.25) is 0 Å². The van der Waals surface area contributed by atoms with Gasteiger partial charge in [0.1, 0.15) is 5.82 Å². The second kappa shape index (κ2) is 8.35. The number of nitrogens with zero attached hydrogens (tertiary/aromatic N) is 4. The SMILES string of the molecule is CC(Sc1nnc(-c2cccnc2)n1Cc1ccccc1)c1ccc(F)cc1. The highest BCUT2D eigenvalue weighted by Crippen LogP contribution is 2.35. The van der Waals surface area contributed by atoms with Gasteiger partial charge in [0.05, 0.1) is 6.54 Å². The second-order valence-corrected chi connectivity index (χ2v) is 7.74. The summed E-state index contributed by atoms with van der Waals surface area (Å²) in [7, 11) is 0. The summed E-state index contributed by atoms with van der Waals surface area (Å²) in [6.07, 6.45) is 3.54. The zero-order valence-corrected chi connectivity index (χ0v) is 16.2. The molecular formula is C22H19FN4S. The molecule has 140 valence electrons. The molecule has 4 rings (SSSR count). The van der Waals surface area contributed by atoms with Crippen LogP contribution in [0.1, 0.15) is 23.3 Å². The fourth-order valence-electron chi connectivity index (χ4n) is 2.95. The summed E-state index contributed by atoms with van der Waals surface area (Å²) in [6, 6.07) is 20.7. The Morgan fingerprint density at radius 2 is 1.75 bits per heavy atom. The largest absolute Gasteiger partial charge is 0.297 e. The van der Waals surface area contributed by atoms with Crippen LogP contribution in [-0.4, -0.2) is 19.7 Å². The number of hydrogen-bond acceptors (Lipinski definition) is 4. The smallest absolute Gasteiger partial charge is 0.192 e. The summed E-state index contributed by atoms with van der Waals surface area (Å²) in [5.41, 5.74) is 3.14. The van der Waals surface area contributed by atoms with E-state index < -0.39 is 0 Å². The number of rotatable bonds is 6. The standard InChI is InChI=1S/C22H19FN4S/c1-16(18-9-11-20(23)12-10-18)28-22-26-25-21(19-8-5-13-24-14-19)27(22)15-17-6-3-2-4-7-17/h2-14,16H,15H2,1H3. The van der Waals surface area contributed by atoms with Crippen molar-refractivity contribution in [1.29, 1.82) is 0 Å². The van der Waals surface area contributed by atoms with Crippen molar-refractivity contribution in [3.05, 3.63) is 96.1 Å². The fourth-order valence-corrected chi connectivity index (χ4v) is 3.93. The lowest BCUT2D eigenvalue weighted by Gasteiger charge is -2.14. The Kier molecular flexibility index (Phi) is 5.48. The minimum absolute atomic E-state index is 0.112. The molecule has 2 aromatic heterocycles. The average molecular weight is 390 g/mol. The first-order valence-electron chi connectivity index (χ1n) is 9.00. The van der Waals surface area contributed by atoms with Crippen molar-refractivity contribution in [3.63, 3.8) is 0 Å². The molecule has 4 aromatic rings. The minimum atomic E-state index is -0.230. The summed E-state index contributed by atoms with van der Waals surface area (Å²) in [5, 5.41) is 9.81. The van der Waals surface area contributed by atoms with Gasteiger partial charge in [-0.05, 0) is 42.3 Å². The van der Waals surface area contributed by atoms with Gasteiger partial charge >= 0.3 is 0 Å². The Bertz CT molecular complexity index is 1030. The molecule has 0 fully saturated rings. The molecule has 4 nitrogen and oxygen atoms in total. The zero-order chi connectivity index (χ0) is 19.3. The maximum absolute atomic E-state index is 13.2. The van der Waals surface area contributed by atoms with Gasteiger partial charge in [0.2, 0.25) is 0 Å². The fraction of sp³-hybridized carbons (Fsp3) is 0.136. The second-order valence-electron chi connectivity index (χ2n) is 6.43. The monoisotopic (exact) mass is 390 g/mol. The molecule has 0 saturated carbocycles. The van der Waals surface area contributed by atoms with E-state index in [9.17, 15) is 4.39 Å². The molecule has 0 aliphatic carbocycles. The van der Waals surface area contributed by atoms with Gasteiger partial charge < -0.3 is 0 Å². The van der Waals surface area contributed by atoms with Crippen LogP contribution in [0.5, 0.6) is 0 Å². The highest BCUT2D eigenvalue weighted by atomic mass is 32.2. The van der Waals surface area contributed by atoms with Crippen molar-refractivity contribution in [3.8, 4) is 11.4 Å². The topological polar surface area (TPSA) is 43.6 Å². The molecule has 2 aromatic carbocycles. The van der Waals surface area contributed by atoms with Gasteiger partial charge in [-0.1, -0.05) is 54.2 Å². The Balaban J connectivity index is 1.68. The molecule has 0 saturated heterocycles. The van der Waals surface area contributed by atoms with Gasteiger partial charge in [-0.3, -0.25) is 9.55 Å². The van der Waals surface area contributed by atoms with E-state index in [1.54, 1.807) is 24.2 Å². The third kappa shape index (κ3) is 4.12. The van der Waals surface area contributed by atoms with Crippen molar-refractivity contribution in [1.82, 2.24) is 19.7 Å². The molecule has 2 heterocycles. The number of aromatic nitrogens is 4. The Hall–Kier alpha value is -2.99. The Morgan fingerprint density at radius 3 is 2.46 bits per heavy atom. The van der Waals surface area contributed by atoms with Crippen molar-refractivity contribution < 1.29 is 4.39 Å². The number of pyridine rings is 1. The first-order chi connectivity index (χ1) is 13.7. The van der Waals surface area contributed by atoms with E-state index in [0.717, 1.165) is 22.1 Å². The van der Waals surface area contributed by atoms with Gasteiger partial charge in [0.25, 0.3) is 0 Å². The number of halogens is 1. The molecule has 28 heavy (non-hydrogen) atoms. The number of hydrogen-bond donors (Lipinski definition) is 0. The van der Waals surface area contributed by atoms with Crippen LogP contribution in [0, 0.1) is 5.82 Å². The molecule has 6 heteroatoms. The van der Waals surface area contributed by atoms with E-state index in [1.807, 2.05) is 42.5 Å². The van der Waals surface area contributed by atoms with Crippen LogP contribution in [0.15, 0.2) is 84.3 Å². The lowest BCUT2D eigenvalue weighted by molar-refractivity contribution is 0.627. The van der Waals surface area contributed by atoms with E-state index in [1.165, 1.54) is 17.7 Å². The minimum Gasteiger partial charge on any atom is -0.297 e. The van der Waals surface area contributed by atoms with Gasteiger partial charge in [-0.25, -0.2) is 4.39 Å². The van der Waals surface area contributed by atoms with Crippen LogP contribution in [-0.2, 0) is 6.54 Å². The summed E-state index contributed by atoms with van der Waals surface area (Å²) in [4.78, 5) is 4.21. The quantitative estimate of drug-likeness (QED) is 0.415. The summed E-state index contributed by atoms with van der Waals surface area (Å²) >= 11 is 1.61. The summed E-state index contributed by atoms with van der Waals surface area (Å²) in [5.74, 6) is 0.554. The summed E-state index contributed by atoms with van der Waals surface area (Å²) in [6.45, 7) is 2.75. The zero-order valence-electron chi connectivity index (χ0n) is 15.4. The normalized spacial score (nSPS) is 12.1. The Morgan fingerprint density at radius 1 is 0.964 bits per heavy atom. The predicted octanol–water partition coefficient (Wildman–Crippen LogP) is 5.38. The summed E-state index contributed by atoms with van der Waals surface area (Å²) < 4.78 is 15.3. The number of thioether (sulfide) groups is 1. The van der Waals surface area contributed by atoms with Crippen molar-refractivity contribution >= 4 is 11.8 Å². The van der Waals surface area contributed by atoms with Crippen LogP contribution < -0.4 is 0 Å². The molecule has 0 bridgehead atoms. The first-order valence-corrected chi connectivity index (χ1v) is 9.88. The molecule has 1 atom stereocenters. The highest BCUT2D eigenvalue weighted by molar-refractivity contribution is 7.99. The van der Waals surface area contributed by atoms with Crippen molar-refractivity contribution in [2.45, 2.75) is 23.9 Å². The molecule has 0 aliphatic rings. The highest BCUT2D eigenvalue weighted by Gasteiger charge is 2.18. The van der Waals surface area contributed by atoms with Crippen LogP contribution >= 0.6 is 11.8 Å². The van der Waals surface area contributed by atoms with E-state index in [0.29, 0.717) is 6.54 Å². The molecule has 0 amide bonds. The van der Waals surface area contributed by atoms with Crippen LogP contribution in [0.3, 0.4) is 0 Å². The van der Waals surface area contributed by atoms with Gasteiger partial charge in [0.15, 0.2) is 11.0 Å². The van der Waals surface area contributed by atoms with E-state index in [2.05, 4.69) is 38.8 Å². The van der Waals surface area contributed by atoms with Gasteiger partial charge in [-0.15, -0.1) is 10.2 Å². The lowest BCUT2D eigenvalue weighted by atomic mass is 10.2. The molecule has 0 N–H and O–H groups in total. The maximum Gasteiger partial charge on any atom is 0.192 e. The molecule has 0 aliphatic heterocycles. The van der Waals surface area contributed by atoms with Crippen LogP contribution in [0.25, 0.3) is 11.4 Å². The van der Waals surface area contributed by atoms with Gasteiger partial charge in [-0.2, -0.15) is 0 Å². The molecule has 1 unspecified atom stereocenters. The van der Waals surface area contributed by atoms with Crippen molar-refractivity contribution in [2.24, 2.45) is 0 Å². The predicted molar refractivity (Wildman–Crippen MR) is 109 cm³/mol. The first kappa shape index (κ1) is 18.4. The van der Waals surface area contributed by atoms with E-state index in [-0.39, 0.29) is 11.1 Å². The molecule has 0 radical (unpaired) electrons. The molecular weight excluding hydrogens is 371 g/mol. The maximum atomic E-state index is 13.2. The third-order valence-electron chi connectivity index (χ3n) is 4.44. The van der Waals surface area contributed by atoms with Crippen LogP contribution in [0.4, 0.5) is 4.39 Å². The number of benzene rings is 2. The molecule has 0 spiro atoms. The lowest BCUT2D eigenvalue weighted by Crippen LogP contribution is -2.05. The van der Waals surface area contributed by atoms with E-state index in [4.69, 9.17) is 0 Å².